The number of fused-ring (bicyclic) bond motifs is 1. The minimum atomic E-state index is -0.719. The number of likely N-dealkylation sites (N-methyl/N-ethyl adjacent to an activating group) is 1. The molecule has 0 N–H and O–H groups in total. The SMILES string of the molecule is CCN(CC)CCN(C(=O)c1cccc(SC)c1)c1nc2c(F)cc(F)cc2s1. The minimum absolute atomic E-state index is 0.0879. The van der Waals surface area contributed by atoms with Gasteiger partial charge in [0.15, 0.2) is 10.9 Å². The van der Waals surface area contributed by atoms with Gasteiger partial charge in [-0.3, -0.25) is 9.69 Å². The Morgan fingerprint density at radius 1 is 1.14 bits per heavy atom. The molecule has 0 unspecified atom stereocenters. The van der Waals surface area contributed by atoms with E-state index in [1.807, 2.05) is 24.5 Å². The third-order valence-electron chi connectivity index (χ3n) is 4.73. The molecule has 0 spiro atoms. The standard InChI is InChI=1S/C21H23F2N3OS2/c1-4-25(5-2)9-10-26(20(27)14-7-6-8-16(11-14)28-3)21-24-19-17(23)12-15(22)13-18(19)29-21/h6-8,11-13H,4-5,9-10H2,1-3H3. The Hall–Kier alpha value is -2.03. The van der Waals surface area contributed by atoms with Gasteiger partial charge in [-0.05, 0) is 43.6 Å². The van der Waals surface area contributed by atoms with Crippen molar-refractivity contribution in [1.82, 2.24) is 9.88 Å². The normalized spacial score (nSPS) is 11.4. The van der Waals surface area contributed by atoms with Gasteiger partial charge in [-0.25, -0.2) is 13.8 Å². The lowest BCUT2D eigenvalue weighted by Crippen LogP contribution is -2.38. The molecule has 0 radical (unpaired) electrons. The lowest BCUT2D eigenvalue weighted by Gasteiger charge is -2.24. The topological polar surface area (TPSA) is 36.4 Å². The highest BCUT2D eigenvalue weighted by atomic mass is 32.2. The molecule has 3 rings (SSSR count). The van der Waals surface area contributed by atoms with Gasteiger partial charge in [0.25, 0.3) is 5.91 Å². The molecule has 1 aromatic heterocycles. The van der Waals surface area contributed by atoms with Crippen LogP contribution in [0.15, 0.2) is 41.3 Å². The molecule has 154 valence electrons. The van der Waals surface area contributed by atoms with E-state index in [1.54, 1.807) is 22.7 Å². The molecule has 0 aliphatic rings. The Morgan fingerprint density at radius 3 is 2.59 bits per heavy atom. The second-order valence-electron chi connectivity index (χ2n) is 6.45. The van der Waals surface area contributed by atoms with Crippen molar-refractivity contribution < 1.29 is 13.6 Å². The lowest BCUT2D eigenvalue weighted by molar-refractivity contribution is 0.0983. The number of hydrogen-bond donors (Lipinski definition) is 0. The fourth-order valence-electron chi connectivity index (χ4n) is 3.04. The zero-order valence-corrected chi connectivity index (χ0v) is 18.2. The molecule has 1 amide bonds. The van der Waals surface area contributed by atoms with E-state index in [-0.39, 0.29) is 11.4 Å². The van der Waals surface area contributed by atoms with Crippen LogP contribution in [0.5, 0.6) is 0 Å². The van der Waals surface area contributed by atoms with Crippen LogP contribution in [0, 0.1) is 11.6 Å². The van der Waals surface area contributed by atoms with Gasteiger partial charge >= 0.3 is 0 Å². The second kappa shape index (κ2) is 9.65. The van der Waals surface area contributed by atoms with Crippen molar-refractivity contribution in [3.8, 4) is 0 Å². The van der Waals surface area contributed by atoms with Crippen molar-refractivity contribution in [3.05, 3.63) is 53.6 Å². The molecule has 2 aromatic carbocycles. The van der Waals surface area contributed by atoms with Gasteiger partial charge in [-0.1, -0.05) is 31.3 Å². The maximum atomic E-state index is 14.2. The number of thiazole rings is 1. The maximum absolute atomic E-state index is 14.2. The maximum Gasteiger partial charge on any atom is 0.260 e. The predicted octanol–water partition coefficient (Wildman–Crippen LogP) is 5.29. The van der Waals surface area contributed by atoms with Crippen LogP contribution >= 0.6 is 23.1 Å². The summed E-state index contributed by atoms with van der Waals surface area (Å²) in [6, 6.07) is 9.45. The summed E-state index contributed by atoms with van der Waals surface area (Å²) >= 11 is 2.68. The monoisotopic (exact) mass is 435 g/mol. The molecule has 0 bridgehead atoms. The Balaban J connectivity index is 2.00. The third-order valence-corrected chi connectivity index (χ3v) is 6.48. The van der Waals surface area contributed by atoms with Gasteiger partial charge in [0.05, 0.1) is 4.70 Å². The first-order chi connectivity index (χ1) is 14.0. The van der Waals surface area contributed by atoms with E-state index in [0.29, 0.717) is 28.5 Å². The number of carbonyl (C=O) groups excluding carboxylic acids is 1. The Kier molecular flexibility index (Phi) is 7.21. The van der Waals surface area contributed by atoms with Crippen molar-refractivity contribution in [3.63, 3.8) is 0 Å². The Labute approximate surface area is 177 Å². The van der Waals surface area contributed by atoms with Crippen LogP contribution in [0.4, 0.5) is 13.9 Å². The van der Waals surface area contributed by atoms with Crippen LogP contribution in [0.2, 0.25) is 0 Å². The highest BCUT2D eigenvalue weighted by molar-refractivity contribution is 7.98. The molecule has 0 saturated carbocycles. The molecule has 0 fully saturated rings. The molecule has 4 nitrogen and oxygen atoms in total. The number of halogens is 2. The Morgan fingerprint density at radius 2 is 1.90 bits per heavy atom. The summed E-state index contributed by atoms with van der Waals surface area (Å²) in [6.45, 7) is 6.92. The van der Waals surface area contributed by atoms with E-state index in [9.17, 15) is 13.6 Å². The van der Waals surface area contributed by atoms with Crippen LogP contribution in [-0.4, -0.2) is 48.2 Å². The van der Waals surface area contributed by atoms with E-state index in [0.717, 1.165) is 35.4 Å². The lowest BCUT2D eigenvalue weighted by atomic mass is 10.2. The molecular formula is C21H23F2N3OS2. The van der Waals surface area contributed by atoms with Crippen molar-refractivity contribution in [2.45, 2.75) is 18.7 Å². The van der Waals surface area contributed by atoms with Gasteiger partial charge in [0.1, 0.15) is 11.3 Å². The van der Waals surface area contributed by atoms with Crippen LogP contribution in [-0.2, 0) is 0 Å². The number of anilines is 1. The predicted molar refractivity (Wildman–Crippen MR) is 117 cm³/mol. The van der Waals surface area contributed by atoms with E-state index in [2.05, 4.69) is 23.7 Å². The molecular weight excluding hydrogens is 412 g/mol. The number of hydrogen-bond acceptors (Lipinski definition) is 5. The van der Waals surface area contributed by atoms with Crippen molar-refractivity contribution >= 4 is 44.4 Å². The average Bonchev–Trinajstić information content (AvgIpc) is 3.15. The number of aromatic nitrogens is 1. The molecule has 0 aliphatic carbocycles. The third kappa shape index (κ3) is 4.94. The van der Waals surface area contributed by atoms with Crippen LogP contribution in [0.1, 0.15) is 24.2 Å². The quantitative estimate of drug-likeness (QED) is 0.451. The van der Waals surface area contributed by atoms with E-state index < -0.39 is 11.6 Å². The summed E-state index contributed by atoms with van der Waals surface area (Å²) in [5.41, 5.74) is 0.632. The van der Waals surface area contributed by atoms with Gasteiger partial charge in [0.2, 0.25) is 0 Å². The fraction of sp³-hybridized carbons (Fsp3) is 0.333. The first kappa shape index (κ1) is 21.7. The molecule has 3 aromatic rings. The molecule has 1 heterocycles. The summed E-state index contributed by atoms with van der Waals surface area (Å²) in [5, 5.41) is 0.371. The molecule has 8 heteroatoms. The van der Waals surface area contributed by atoms with Crippen molar-refractivity contribution in [1.29, 1.82) is 0 Å². The first-order valence-electron chi connectivity index (χ1n) is 9.40. The first-order valence-corrected chi connectivity index (χ1v) is 11.4. The highest BCUT2D eigenvalue weighted by Crippen LogP contribution is 2.32. The number of thioether (sulfide) groups is 1. The summed E-state index contributed by atoms with van der Waals surface area (Å²) in [6.07, 6.45) is 1.95. The van der Waals surface area contributed by atoms with Crippen LogP contribution < -0.4 is 4.90 Å². The summed E-state index contributed by atoms with van der Waals surface area (Å²) in [4.78, 5) is 22.4. The van der Waals surface area contributed by atoms with Gasteiger partial charge < -0.3 is 4.90 Å². The van der Waals surface area contributed by atoms with Gasteiger partial charge in [0, 0.05) is 29.6 Å². The average molecular weight is 436 g/mol. The molecule has 0 aliphatic heterocycles. The summed E-state index contributed by atoms with van der Waals surface area (Å²) < 4.78 is 28.2. The molecule has 0 atom stereocenters. The highest BCUT2D eigenvalue weighted by Gasteiger charge is 2.23. The van der Waals surface area contributed by atoms with E-state index >= 15 is 0 Å². The number of amides is 1. The zero-order valence-electron chi connectivity index (χ0n) is 16.6. The molecule has 29 heavy (non-hydrogen) atoms. The van der Waals surface area contributed by atoms with Gasteiger partial charge in [-0.15, -0.1) is 11.8 Å². The molecule has 0 saturated heterocycles. The Bertz CT molecular complexity index is 1000. The fourth-order valence-corrected chi connectivity index (χ4v) is 4.53. The van der Waals surface area contributed by atoms with Crippen molar-refractivity contribution in [2.24, 2.45) is 0 Å². The van der Waals surface area contributed by atoms with Gasteiger partial charge in [-0.2, -0.15) is 0 Å². The smallest absolute Gasteiger partial charge is 0.260 e. The summed E-state index contributed by atoms with van der Waals surface area (Å²) in [7, 11) is 0. The number of benzene rings is 2. The summed E-state index contributed by atoms with van der Waals surface area (Å²) in [5.74, 6) is -1.57. The second-order valence-corrected chi connectivity index (χ2v) is 8.34. The van der Waals surface area contributed by atoms with Crippen LogP contribution in [0.3, 0.4) is 0 Å². The van der Waals surface area contributed by atoms with E-state index in [4.69, 9.17) is 0 Å². The largest absolute Gasteiger partial charge is 0.302 e. The number of rotatable bonds is 8. The van der Waals surface area contributed by atoms with Crippen LogP contribution in [0.25, 0.3) is 10.2 Å². The zero-order chi connectivity index (χ0) is 21.0. The van der Waals surface area contributed by atoms with E-state index in [1.165, 1.54) is 6.07 Å². The van der Waals surface area contributed by atoms with Crippen molar-refractivity contribution in [2.75, 3.05) is 37.3 Å². The number of carbonyl (C=O) groups is 1. The number of nitrogens with zero attached hydrogens (tertiary/aromatic N) is 3. The minimum Gasteiger partial charge on any atom is -0.302 e.